The average Bonchev–Trinajstić information content (AvgIpc) is 2.98. The van der Waals surface area contributed by atoms with E-state index in [9.17, 15) is 4.79 Å². The first-order valence-corrected chi connectivity index (χ1v) is 9.17. The molecule has 1 atom stereocenters. The van der Waals surface area contributed by atoms with Gasteiger partial charge in [-0.1, -0.05) is 54.6 Å². The van der Waals surface area contributed by atoms with Crippen LogP contribution in [0.2, 0.25) is 0 Å². The minimum atomic E-state index is -0.728. The van der Waals surface area contributed by atoms with Gasteiger partial charge >= 0.3 is 0 Å². The minimum Gasteiger partial charge on any atom is -0.497 e. The number of methoxy groups -OCH3 is 1. The van der Waals surface area contributed by atoms with Crippen LogP contribution in [0.5, 0.6) is 0 Å². The fraction of sp³-hybridized carbons (Fsp3) is 0.208. The first kappa shape index (κ1) is 15.4. The number of hydrogen-bond acceptors (Lipinski definition) is 2. The van der Waals surface area contributed by atoms with Crippen molar-refractivity contribution in [3.63, 3.8) is 0 Å². The van der Waals surface area contributed by atoms with E-state index >= 15 is 0 Å². The van der Waals surface area contributed by atoms with Crippen LogP contribution in [0, 0.1) is 0 Å². The summed E-state index contributed by atoms with van der Waals surface area (Å²) >= 11 is 0. The molecule has 2 aromatic carbocycles. The molecule has 0 N–H and O–H groups in total. The van der Waals surface area contributed by atoms with Gasteiger partial charge in [-0.15, -0.1) is 0 Å². The number of ether oxygens (including phenoxy) is 1. The van der Waals surface area contributed by atoms with Crippen molar-refractivity contribution in [1.29, 1.82) is 0 Å². The van der Waals surface area contributed by atoms with Crippen LogP contribution in [-0.4, -0.2) is 12.9 Å². The van der Waals surface area contributed by atoms with Gasteiger partial charge in [0.1, 0.15) is 11.2 Å². The molecule has 2 aromatic rings. The number of carbonyl (C=O) groups excluding carboxylic acids is 1. The molecule has 3 aliphatic rings. The fourth-order valence-corrected chi connectivity index (χ4v) is 4.84. The molecule has 2 heteroatoms. The van der Waals surface area contributed by atoms with Crippen LogP contribution in [0.25, 0.3) is 11.1 Å². The first-order chi connectivity index (χ1) is 12.8. The van der Waals surface area contributed by atoms with E-state index in [1.54, 1.807) is 13.2 Å². The fourth-order valence-electron chi connectivity index (χ4n) is 4.84. The van der Waals surface area contributed by atoms with Crippen molar-refractivity contribution < 1.29 is 9.53 Å². The second-order valence-electron chi connectivity index (χ2n) is 7.17. The topological polar surface area (TPSA) is 26.3 Å². The molecule has 0 amide bonds. The van der Waals surface area contributed by atoms with Crippen LogP contribution in [-0.2, 0) is 21.4 Å². The summed E-state index contributed by atoms with van der Waals surface area (Å²) in [6, 6.07) is 16.8. The van der Waals surface area contributed by atoms with E-state index in [0.717, 1.165) is 36.0 Å². The second-order valence-corrected chi connectivity index (χ2v) is 7.17. The molecule has 0 aromatic heterocycles. The SMILES string of the molecule is COC1=CC(=O)[C@]2(C=C1)C(c1ccccc1)=C1CCCc3cccc2c31. The van der Waals surface area contributed by atoms with Crippen molar-refractivity contribution in [3.05, 3.63) is 94.8 Å². The normalized spacial score (nSPS) is 23.3. The number of benzene rings is 2. The zero-order valence-electron chi connectivity index (χ0n) is 14.8. The van der Waals surface area contributed by atoms with Crippen molar-refractivity contribution in [2.75, 3.05) is 7.11 Å². The number of fused-ring (bicyclic) bond motifs is 1. The molecule has 5 rings (SSSR count). The molecule has 2 nitrogen and oxygen atoms in total. The molecule has 0 radical (unpaired) electrons. The first-order valence-electron chi connectivity index (χ1n) is 9.17. The van der Waals surface area contributed by atoms with E-state index in [1.165, 1.54) is 16.7 Å². The third kappa shape index (κ3) is 1.90. The largest absolute Gasteiger partial charge is 0.497 e. The number of allylic oxidation sites excluding steroid dienone is 5. The van der Waals surface area contributed by atoms with Crippen LogP contribution < -0.4 is 0 Å². The number of rotatable bonds is 2. The molecule has 0 saturated heterocycles. The Balaban J connectivity index is 1.86. The maximum Gasteiger partial charge on any atom is 0.178 e. The standard InChI is InChI=1S/C24H20O2/c1-26-18-13-14-24(21(25)15-18)20-12-6-10-16-9-5-11-19(22(16)20)23(24)17-7-3-2-4-8-17/h2-4,6-8,10,12-15H,5,9,11H2,1H3/t24-/m1/s1. The molecule has 0 fully saturated rings. The Morgan fingerprint density at radius 2 is 1.85 bits per heavy atom. The third-order valence-corrected chi connectivity index (χ3v) is 5.90. The molecule has 0 bridgehead atoms. The van der Waals surface area contributed by atoms with Gasteiger partial charge < -0.3 is 4.74 Å². The van der Waals surface area contributed by atoms with Gasteiger partial charge in [-0.3, -0.25) is 4.79 Å². The molecule has 0 heterocycles. The van der Waals surface area contributed by atoms with Gasteiger partial charge in [-0.25, -0.2) is 0 Å². The van der Waals surface area contributed by atoms with E-state index in [0.29, 0.717) is 5.76 Å². The predicted octanol–water partition coefficient (Wildman–Crippen LogP) is 4.85. The lowest BCUT2D eigenvalue weighted by Crippen LogP contribution is -2.34. The average molecular weight is 340 g/mol. The molecule has 26 heavy (non-hydrogen) atoms. The van der Waals surface area contributed by atoms with E-state index < -0.39 is 5.41 Å². The number of carbonyl (C=O) groups is 1. The molecular formula is C24H20O2. The molecule has 128 valence electrons. The summed E-state index contributed by atoms with van der Waals surface area (Å²) in [4.78, 5) is 13.5. The Bertz CT molecular complexity index is 1010. The number of ketones is 1. The highest BCUT2D eigenvalue weighted by atomic mass is 16.5. The van der Waals surface area contributed by atoms with Crippen LogP contribution in [0.4, 0.5) is 0 Å². The summed E-state index contributed by atoms with van der Waals surface area (Å²) in [5.74, 6) is 0.708. The Labute approximate surface area is 153 Å². The van der Waals surface area contributed by atoms with Gasteiger partial charge in [-0.2, -0.15) is 0 Å². The smallest absolute Gasteiger partial charge is 0.178 e. The van der Waals surface area contributed by atoms with Crippen molar-refractivity contribution >= 4 is 16.9 Å². The number of hydrogen-bond donors (Lipinski definition) is 0. The van der Waals surface area contributed by atoms with Gasteiger partial charge in [-0.05, 0) is 58.7 Å². The third-order valence-electron chi connectivity index (χ3n) is 5.90. The van der Waals surface area contributed by atoms with Crippen molar-refractivity contribution in [3.8, 4) is 0 Å². The minimum absolute atomic E-state index is 0.0889. The van der Waals surface area contributed by atoms with Crippen LogP contribution in [0.1, 0.15) is 35.1 Å². The molecule has 0 saturated carbocycles. The summed E-state index contributed by atoms with van der Waals surface area (Å²) in [7, 11) is 1.61. The van der Waals surface area contributed by atoms with Crippen LogP contribution in [0.15, 0.2) is 72.5 Å². The Morgan fingerprint density at radius 3 is 2.62 bits per heavy atom. The predicted molar refractivity (Wildman–Crippen MR) is 104 cm³/mol. The quantitative estimate of drug-likeness (QED) is 0.781. The van der Waals surface area contributed by atoms with Crippen molar-refractivity contribution in [2.45, 2.75) is 24.7 Å². The highest BCUT2D eigenvalue weighted by molar-refractivity contribution is 6.20. The maximum absolute atomic E-state index is 13.5. The number of aryl methyl sites for hydroxylation is 1. The van der Waals surface area contributed by atoms with Gasteiger partial charge in [0.05, 0.1) is 7.11 Å². The van der Waals surface area contributed by atoms with E-state index in [4.69, 9.17) is 4.74 Å². The lowest BCUT2D eigenvalue weighted by atomic mass is 9.69. The Morgan fingerprint density at radius 1 is 1.00 bits per heavy atom. The summed E-state index contributed by atoms with van der Waals surface area (Å²) < 4.78 is 5.32. The summed E-state index contributed by atoms with van der Waals surface area (Å²) in [5, 5.41) is 0. The van der Waals surface area contributed by atoms with Gasteiger partial charge in [0.25, 0.3) is 0 Å². The molecule has 0 aliphatic heterocycles. The Kier molecular flexibility index (Phi) is 3.30. The maximum atomic E-state index is 13.5. The molecular weight excluding hydrogens is 320 g/mol. The molecule has 3 aliphatic carbocycles. The van der Waals surface area contributed by atoms with E-state index in [1.807, 2.05) is 12.1 Å². The molecule has 1 spiro atoms. The van der Waals surface area contributed by atoms with E-state index in [2.05, 4.69) is 48.5 Å². The van der Waals surface area contributed by atoms with Crippen molar-refractivity contribution in [1.82, 2.24) is 0 Å². The van der Waals surface area contributed by atoms with Gasteiger partial charge in [0, 0.05) is 6.08 Å². The lowest BCUT2D eigenvalue weighted by Gasteiger charge is -2.31. The van der Waals surface area contributed by atoms with Crippen molar-refractivity contribution in [2.24, 2.45) is 0 Å². The summed E-state index contributed by atoms with van der Waals surface area (Å²) in [6.07, 6.45) is 8.90. The Hall–Kier alpha value is -2.87. The van der Waals surface area contributed by atoms with E-state index in [-0.39, 0.29) is 5.78 Å². The highest BCUT2D eigenvalue weighted by Crippen LogP contribution is 2.57. The lowest BCUT2D eigenvalue weighted by molar-refractivity contribution is -0.117. The zero-order chi connectivity index (χ0) is 17.7. The molecule has 0 unspecified atom stereocenters. The summed E-state index contributed by atoms with van der Waals surface area (Å²) in [5.41, 5.74) is 6.74. The second kappa shape index (κ2) is 5.57. The summed E-state index contributed by atoms with van der Waals surface area (Å²) in [6.45, 7) is 0. The van der Waals surface area contributed by atoms with Gasteiger partial charge in [0.15, 0.2) is 5.78 Å². The van der Waals surface area contributed by atoms with Crippen LogP contribution in [0.3, 0.4) is 0 Å². The van der Waals surface area contributed by atoms with Crippen LogP contribution >= 0.6 is 0 Å². The monoisotopic (exact) mass is 340 g/mol. The van der Waals surface area contributed by atoms with Gasteiger partial charge in [0.2, 0.25) is 0 Å². The highest BCUT2D eigenvalue weighted by Gasteiger charge is 2.50. The zero-order valence-corrected chi connectivity index (χ0v) is 14.8.